The molecule has 0 bridgehead atoms. The topological polar surface area (TPSA) is 48.7 Å². The van der Waals surface area contributed by atoms with Crippen LogP contribution in [0.3, 0.4) is 0 Å². The summed E-state index contributed by atoms with van der Waals surface area (Å²) >= 11 is 6.75. The van der Waals surface area contributed by atoms with Crippen molar-refractivity contribution in [2.75, 3.05) is 5.32 Å². The van der Waals surface area contributed by atoms with Crippen LogP contribution in [0.2, 0.25) is 0 Å². The molecular formula is C12H7Br2N3. The van der Waals surface area contributed by atoms with Crippen LogP contribution in [0.25, 0.3) is 0 Å². The second kappa shape index (κ2) is 5.30. The average molecular weight is 353 g/mol. The lowest BCUT2D eigenvalue weighted by atomic mass is 10.2. The quantitative estimate of drug-likeness (QED) is 0.880. The van der Waals surface area contributed by atoms with Crippen molar-refractivity contribution in [2.45, 2.75) is 0 Å². The normalized spacial score (nSPS) is 9.71. The molecule has 1 heterocycles. The number of aromatic nitrogens is 1. The highest BCUT2D eigenvalue weighted by atomic mass is 79.9. The Morgan fingerprint density at radius 3 is 2.71 bits per heavy atom. The molecule has 0 aliphatic carbocycles. The number of anilines is 2. The van der Waals surface area contributed by atoms with Gasteiger partial charge in [-0.3, -0.25) is 0 Å². The van der Waals surface area contributed by atoms with Crippen molar-refractivity contribution in [1.29, 1.82) is 5.26 Å². The highest BCUT2D eigenvalue weighted by Gasteiger charge is 2.05. The molecule has 1 aromatic heterocycles. The molecule has 1 aromatic carbocycles. The summed E-state index contributed by atoms with van der Waals surface area (Å²) in [4.78, 5) is 4.23. The summed E-state index contributed by atoms with van der Waals surface area (Å²) in [5.41, 5.74) is 1.33. The van der Waals surface area contributed by atoms with Gasteiger partial charge in [0.1, 0.15) is 11.9 Å². The molecule has 0 amide bonds. The smallest absolute Gasteiger partial charge is 0.144 e. The molecule has 2 aromatic rings. The molecule has 0 unspecified atom stereocenters. The zero-order valence-electron chi connectivity index (χ0n) is 8.61. The van der Waals surface area contributed by atoms with E-state index in [2.05, 4.69) is 48.2 Å². The minimum absolute atomic E-state index is 0.587. The second-order valence-electron chi connectivity index (χ2n) is 3.27. The fourth-order valence-electron chi connectivity index (χ4n) is 1.32. The minimum Gasteiger partial charge on any atom is -0.338 e. The molecule has 0 radical (unpaired) electrons. The number of nitrogens with zero attached hydrogens (tertiary/aromatic N) is 2. The van der Waals surface area contributed by atoms with E-state index in [-0.39, 0.29) is 0 Å². The van der Waals surface area contributed by atoms with Gasteiger partial charge >= 0.3 is 0 Å². The van der Waals surface area contributed by atoms with E-state index in [0.717, 1.165) is 14.6 Å². The minimum atomic E-state index is 0.587. The van der Waals surface area contributed by atoms with Crippen LogP contribution in [0.1, 0.15) is 5.56 Å². The van der Waals surface area contributed by atoms with Crippen LogP contribution in [0.4, 0.5) is 11.5 Å². The number of pyridine rings is 1. The maximum absolute atomic E-state index is 8.98. The van der Waals surface area contributed by atoms with E-state index in [1.54, 1.807) is 12.3 Å². The van der Waals surface area contributed by atoms with Crippen molar-refractivity contribution < 1.29 is 0 Å². The van der Waals surface area contributed by atoms with Crippen molar-refractivity contribution in [3.63, 3.8) is 0 Å². The maximum Gasteiger partial charge on any atom is 0.144 e. The average Bonchev–Trinajstić information content (AvgIpc) is 2.33. The van der Waals surface area contributed by atoms with Crippen LogP contribution < -0.4 is 5.32 Å². The molecule has 5 heteroatoms. The number of halogens is 2. The van der Waals surface area contributed by atoms with Crippen molar-refractivity contribution in [1.82, 2.24) is 4.98 Å². The van der Waals surface area contributed by atoms with E-state index in [1.807, 2.05) is 24.3 Å². The Morgan fingerprint density at radius 2 is 2.00 bits per heavy atom. The van der Waals surface area contributed by atoms with E-state index in [0.29, 0.717) is 11.4 Å². The molecule has 0 spiro atoms. The van der Waals surface area contributed by atoms with Crippen molar-refractivity contribution in [2.24, 2.45) is 0 Å². The van der Waals surface area contributed by atoms with Gasteiger partial charge in [-0.1, -0.05) is 12.1 Å². The summed E-state index contributed by atoms with van der Waals surface area (Å²) in [6.07, 6.45) is 1.70. The standard InChI is InChI=1S/C12H7Br2N3/c13-9-5-10(14)12(16-7-9)17-11-4-2-1-3-8(11)6-15/h1-5,7H,(H,16,17). The van der Waals surface area contributed by atoms with Gasteiger partial charge in [0.15, 0.2) is 0 Å². The van der Waals surface area contributed by atoms with Crippen LogP contribution in [0.15, 0.2) is 45.5 Å². The Labute approximate surface area is 116 Å². The van der Waals surface area contributed by atoms with Gasteiger partial charge in [-0.05, 0) is 50.1 Å². The fraction of sp³-hybridized carbons (Fsp3) is 0. The second-order valence-corrected chi connectivity index (χ2v) is 5.04. The predicted octanol–water partition coefficient (Wildman–Crippen LogP) is 4.22. The Hall–Kier alpha value is -1.38. The van der Waals surface area contributed by atoms with Crippen molar-refractivity contribution in [3.8, 4) is 6.07 Å². The Morgan fingerprint density at radius 1 is 1.24 bits per heavy atom. The summed E-state index contributed by atoms with van der Waals surface area (Å²) in [6, 6.07) is 11.3. The van der Waals surface area contributed by atoms with Gasteiger partial charge in [0.2, 0.25) is 0 Å². The number of nitrogens with one attached hydrogen (secondary N) is 1. The van der Waals surface area contributed by atoms with Gasteiger partial charge in [-0.2, -0.15) is 5.26 Å². The molecule has 0 saturated carbocycles. The highest BCUT2D eigenvalue weighted by molar-refractivity contribution is 9.11. The largest absolute Gasteiger partial charge is 0.338 e. The molecule has 84 valence electrons. The summed E-state index contributed by atoms with van der Waals surface area (Å²) in [5.74, 6) is 0.677. The summed E-state index contributed by atoms with van der Waals surface area (Å²) in [6.45, 7) is 0. The summed E-state index contributed by atoms with van der Waals surface area (Å²) in [5, 5.41) is 12.1. The van der Waals surface area contributed by atoms with E-state index in [4.69, 9.17) is 5.26 Å². The van der Waals surface area contributed by atoms with Crippen molar-refractivity contribution in [3.05, 3.63) is 51.0 Å². The third kappa shape index (κ3) is 2.84. The Bertz CT molecular complexity index is 591. The molecular weight excluding hydrogens is 346 g/mol. The molecule has 0 aliphatic heterocycles. The first-order valence-electron chi connectivity index (χ1n) is 4.78. The first-order chi connectivity index (χ1) is 8.20. The lowest BCUT2D eigenvalue weighted by Crippen LogP contribution is -1.96. The van der Waals surface area contributed by atoms with Crippen LogP contribution in [0, 0.1) is 11.3 Å². The number of hydrogen-bond donors (Lipinski definition) is 1. The number of rotatable bonds is 2. The maximum atomic E-state index is 8.98. The van der Waals surface area contributed by atoms with Crippen molar-refractivity contribution >= 4 is 43.4 Å². The fourth-order valence-corrected chi connectivity index (χ4v) is 2.41. The molecule has 2 rings (SSSR count). The van der Waals surface area contributed by atoms with Crippen LogP contribution >= 0.6 is 31.9 Å². The monoisotopic (exact) mass is 351 g/mol. The zero-order chi connectivity index (χ0) is 12.3. The first-order valence-corrected chi connectivity index (χ1v) is 6.36. The molecule has 3 nitrogen and oxygen atoms in total. The number of hydrogen-bond acceptors (Lipinski definition) is 3. The number of benzene rings is 1. The van der Waals surface area contributed by atoms with Crippen LogP contribution in [-0.2, 0) is 0 Å². The van der Waals surface area contributed by atoms with E-state index in [9.17, 15) is 0 Å². The van der Waals surface area contributed by atoms with Crippen LogP contribution in [0.5, 0.6) is 0 Å². The molecule has 17 heavy (non-hydrogen) atoms. The van der Waals surface area contributed by atoms with Gasteiger partial charge in [-0.15, -0.1) is 0 Å². The Kier molecular flexibility index (Phi) is 3.77. The molecule has 0 saturated heterocycles. The molecule has 0 aliphatic rings. The van der Waals surface area contributed by atoms with Gasteiger partial charge in [0.05, 0.1) is 15.7 Å². The SMILES string of the molecule is N#Cc1ccccc1Nc1ncc(Br)cc1Br. The van der Waals surface area contributed by atoms with Gasteiger partial charge in [0.25, 0.3) is 0 Å². The lowest BCUT2D eigenvalue weighted by Gasteiger charge is -2.08. The van der Waals surface area contributed by atoms with E-state index >= 15 is 0 Å². The summed E-state index contributed by atoms with van der Waals surface area (Å²) in [7, 11) is 0. The predicted molar refractivity (Wildman–Crippen MR) is 74.1 cm³/mol. The van der Waals surface area contributed by atoms with Gasteiger partial charge in [0, 0.05) is 10.7 Å². The zero-order valence-corrected chi connectivity index (χ0v) is 11.8. The first kappa shape index (κ1) is 12.1. The molecule has 1 N–H and O–H groups in total. The summed E-state index contributed by atoms with van der Waals surface area (Å²) < 4.78 is 1.73. The molecule has 0 atom stereocenters. The van der Waals surface area contributed by atoms with Gasteiger partial charge in [-0.25, -0.2) is 4.98 Å². The number of nitriles is 1. The van der Waals surface area contributed by atoms with E-state index in [1.165, 1.54) is 0 Å². The Balaban J connectivity index is 2.35. The highest BCUT2D eigenvalue weighted by Crippen LogP contribution is 2.27. The van der Waals surface area contributed by atoms with Crippen LogP contribution in [-0.4, -0.2) is 4.98 Å². The van der Waals surface area contributed by atoms with E-state index < -0.39 is 0 Å². The third-order valence-electron chi connectivity index (χ3n) is 2.11. The van der Waals surface area contributed by atoms with Gasteiger partial charge < -0.3 is 5.32 Å². The number of para-hydroxylation sites is 1. The molecule has 0 fully saturated rings. The lowest BCUT2D eigenvalue weighted by molar-refractivity contribution is 1.27. The third-order valence-corrected chi connectivity index (χ3v) is 3.15.